The number of hydrogen-bond donors (Lipinski definition) is 1. The van der Waals surface area contributed by atoms with Crippen molar-refractivity contribution in [2.24, 2.45) is 5.92 Å². The smallest absolute Gasteiger partial charge is 0.251 e. The summed E-state index contributed by atoms with van der Waals surface area (Å²) in [5.74, 6) is 0.376. The second-order valence-electron chi connectivity index (χ2n) is 5.03. The average molecular weight is 324 g/mol. The van der Waals surface area contributed by atoms with Gasteiger partial charge in [-0.15, -0.1) is 0 Å². The lowest BCUT2D eigenvalue weighted by Crippen LogP contribution is -2.32. The number of aromatic nitrogens is 1. The summed E-state index contributed by atoms with van der Waals surface area (Å²) < 4.78 is 27.1. The Labute approximate surface area is 123 Å². The molecule has 0 aliphatic carbocycles. The molecule has 1 fully saturated rings. The molecule has 1 saturated heterocycles. The number of nitrogens with zero attached hydrogens (tertiary/aromatic N) is 2. The van der Waals surface area contributed by atoms with Crippen molar-refractivity contribution >= 4 is 33.0 Å². The molecule has 0 bridgehead atoms. The summed E-state index contributed by atoms with van der Waals surface area (Å²) in [4.78, 5) is 6.12. The number of likely N-dealkylation sites (tertiary alicyclic amines) is 1. The van der Waals surface area contributed by atoms with E-state index in [9.17, 15) is 8.42 Å². The number of hydrogen-bond acceptors (Lipinski definition) is 5. The quantitative estimate of drug-likeness (QED) is 0.897. The fourth-order valence-corrected chi connectivity index (χ4v) is 4.61. The van der Waals surface area contributed by atoms with Crippen LogP contribution in [-0.4, -0.2) is 44.0 Å². The summed E-state index contributed by atoms with van der Waals surface area (Å²) >= 11 is 6.63. The third kappa shape index (κ3) is 3.88. The molecule has 2 heterocycles. The molecule has 0 amide bonds. The third-order valence-corrected chi connectivity index (χ3v) is 6.33. The van der Waals surface area contributed by atoms with Gasteiger partial charge in [-0.1, -0.05) is 22.9 Å². The van der Waals surface area contributed by atoms with Crippen LogP contribution in [0, 0.1) is 5.92 Å². The summed E-state index contributed by atoms with van der Waals surface area (Å²) in [6, 6.07) is 0.516. The van der Waals surface area contributed by atoms with Crippen LogP contribution in [0.3, 0.4) is 0 Å². The molecule has 0 spiro atoms. The predicted octanol–water partition coefficient (Wildman–Crippen LogP) is 1.81. The van der Waals surface area contributed by atoms with Crippen LogP contribution in [0.4, 0.5) is 0 Å². The highest BCUT2D eigenvalue weighted by Crippen LogP contribution is 2.23. The third-order valence-electron chi connectivity index (χ3n) is 3.33. The molecule has 1 unspecified atom stereocenters. The van der Waals surface area contributed by atoms with Gasteiger partial charge in [0.05, 0.1) is 6.20 Å². The highest BCUT2D eigenvalue weighted by atomic mass is 35.5. The Balaban J connectivity index is 1.89. The fraction of sp³-hybridized carbons (Fsp3) is 0.727. The number of sulfonamides is 1. The molecule has 8 heteroatoms. The minimum atomic E-state index is -3.46. The van der Waals surface area contributed by atoms with Gasteiger partial charge in [-0.2, -0.15) is 0 Å². The molecule has 0 saturated carbocycles. The first kappa shape index (κ1) is 15.2. The van der Waals surface area contributed by atoms with Gasteiger partial charge in [0.25, 0.3) is 10.0 Å². The topological polar surface area (TPSA) is 62.3 Å². The zero-order chi connectivity index (χ0) is 14.0. The van der Waals surface area contributed by atoms with Gasteiger partial charge in [-0.3, -0.25) is 0 Å². The van der Waals surface area contributed by atoms with Crippen LogP contribution < -0.4 is 4.72 Å². The molecule has 5 nitrogen and oxygen atoms in total. The molecule has 1 N–H and O–H groups in total. The largest absolute Gasteiger partial charge is 0.301 e. The zero-order valence-electron chi connectivity index (χ0n) is 11.0. The summed E-state index contributed by atoms with van der Waals surface area (Å²) in [7, 11) is -3.46. The molecule has 108 valence electrons. The van der Waals surface area contributed by atoms with Crippen LogP contribution in [0.25, 0.3) is 0 Å². The Kier molecular flexibility index (Phi) is 4.84. The second-order valence-corrected chi connectivity index (χ2v) is 8.63. The molecule has 1 aromatic heterocycles. The summed E-state index contributed by atoms with van der Waals surface area (Å²) in [5, 5.41) is 0. The van der Waals surface area contributed by atoms with E-state index in [1.165, 1.54) is 6.20 Å². The average Bonchev–Trinajstić information content (AvgIpc) is 2.95. The second kappa shape index (κ2) is 6.05. The normalized spacial score (nSPS) is 21.4. The molecular formula is C11H18ClN3O2S2. The van der Waals surface area contributed by atoms with E-state index >= 15 is 0 Å². The molecule has 1 aliphatic rings. The van der Waals surface area contributed by atoms with E-state index in [2.05, 4.69) is 28.5 Å². The predicted molar refractivity (Wildman–Crippen MR) is 77.1 cm³/mol. The Morgan fingerprint density at radius 2 is 2.37 bits per heavy atom. The van der Waals surface area contributed by atoms with Crippen LogP contribution in [-0.2, 0) is 10.0 Å². The van der Waals surface area contributed by atoms with E-state index in [0.29, 0.717) is 18.5 Å². The van der Waals surface area contributed by atoms with Crippen LogP contribution >= 0.6 is 22.9 Å². The lowest BCUT2D eigenvalue weighted by molar-refractivity contribution is 0.265. The van der Waals surface area contributed by atoms with E-state index in [0.717, 1.165) is 30.8 Å². The van der Waals surface area contributed by atoms with Crippen molar-refractivity contribution in [1.29, 1.82) is 0 Å². The zero-order valence-corrected chi connectivity index (χ0v) is 13.4. The highest BCUT2D eigenvalue weighted by molar-refractivity contribution is 7.91. The van der Waals surface area contributed by atoms with Gasteiger partial charge >= 0.3 is 0 Å². The van der Waals surface area contributed by atoms with E-state index in [1.54, 1.807) is 0 Å². The molecule has 1 aliphatic heterocycles. The molecule has 0 radical (unpaired) electrons. The first-order chi connectivity index (χ1) is 8.88. The molecule has 19 heavy (non-hydrogen) atoms. The van der Waals surface area contributed by atoms with E-state index in [4.69, 9.17) is 11.6 Å². The minimum Gasteiger partial charge on any atom is -0.301 e. The lowest BCUT2D eigenvalue weighted by atomic mass is 10.1. The monoisotopic (exact) mass is 323 g/mol. The van der Waals surface area contributed by atoms with Crippen molar-refractivity contribution in [3.05, 3.63) is 10.7 Å². The number of thiazole rings is 1. The van der Waals surface area contributed by atoms with Gasteiger partial charge in [-0.25, -0.2) is 18.1 Å². The van der Waals surface area contributed by atoms with Crippen LogP contribution in [0.15, 0.2) is 10.4 Å². The first-order valence-electron chi connectivity index (χ1n) is 6.23. The SMILES string of the molecule is CC(C)N1CCC(CNS(=O)(=O)c2cnc(Cl)s2)C1. The standard InChI is InChI=1S/C11H18ClN3O2S2/c1-8(2)15-4-3-9(7-15)5-14-19(16,17)10-6-13-11(12)18-10/h6,8-9,14H,3-5,7H2,1-2H3. The molecule has 1 aromatic rings. The number of halogens is 1. The molecular weight excluding hydrogens is 306 g/mol. The molecule has 2 rings (SSSR count). The highest BCUT2D eigenvalue weighted by Gasteiger charge is 2.26. The van der Waals surface area contributed by atoms with Crippen molar-refractivity contribution in [3.63, 3.8) is 0 Å². The fourth-order valence-electron chi connectivity index (χ4n) is 2.16. The molecule has 0 aromatic carbocycles. The maximum atomic E-state index is 12.0. The Bertz CT molecular complexity index is 530. The summed E-state index contributed by atoms with van der Waals surface area (Å²) in [6.45, 7) is 6.78. The van der Waals surface area contributed by atoms with Gasteiger partial charge in [0.2, 0.25) is 0 Å². The van der Waals surface area contributed by atoms with Crippen molar-refractivity contribution in [3.8, 4) is 0 Å². The first-order valence-corrected chi connectivity index (χ1v) is 8.91. The number of nitrogens with one attached hydrogen (secondary N) is 1. The van der Waals surface area contributed by atoms with Crippen molar-refractivity contribution < 1.29 is 8.42 Å². The van der Waals surface area contributed by atoms with Crippen molar-refractivity contribution in [2.45, 2.75) is 30.5 Å². The minimum absolute atomic E-state index is 0.177. The van der Waals surface area contributed by atoms with Crippen molar-refractivity contribution in [1.82, 2.24) is 14.6 Å². The van der Waals surface area contributed by atoms with Gasteiger partial charge in [0.1, 0.15) is 0 Å². The van der Waals surface area contributed by atoms with E-state index in [-0.39, 0.29) is 8.68 Å². The van der Waals surface area contributed by atoms with Crippen molar-refractivity contribution in [2.75, 3.05) is 19.6 Å². The summed E-state index contributed by atoms with van der Waals surface area (Å²) in [6.07, 6.45) is 2.33. The van der Waals surface area contributed by atoms with Crippen LogP contribution in [0.5, 0.6) is 0 Å². The van der Waals surface area contributed by atoms with Gasteiger partial charge in [0.15, 0.2) is 8.68 Å². The molecule has 1 atom stereocenters. The maximum absolute atomic E-state index is 12.0. The Hall–Kier alpha value is -0.210. The van der Waals surface area contributed by atoms with Gasteiger partial charge in [0, 0.05) is 19.1 Å². The lowest BCUT2D eigenvalue weighted by Gasteiger charge is -2.20. The number of rotatable bonds is 5. The maximum Gasteiger partial charge on any atom is 0.251 e. The Morgan fingerprint density at radius 3 is 2.89 bits per heavy atom. The van der Waals surface area contributed by atoms with E-state index < -0.39 is 10.0 Å². The van der Waals surface area contributed by atoms with Gasteiger partial charge in [-0.05, 0) is 32.7 Å². The van der Waals surface area contributed by atoms with Gasteiger partial charge < -0.3 is 4.90 Å². The summed E-state index contributed by atoms with van der Waals surface area (Å²) in [5.41, 5.74) is 0. The van der Waals surface area contributed by atoms with E-state index in [1.807, 2.05) is 0 Å². The van der Waals surface area contributed by atoms with Crippen LogP contribution in [0.2, 0.25) is 4.47 Å². The van der Waals surface area contributed by atoms with Crippen LogP contribution in [0.1, 0.15) is 20.3 Å². The Morgan fingerprint density at radius 1 is 1.63 bits per heavy atom.